The Bertz CT molecular complexity index is 802. The fourth-order valence-corrected chi connectivity index (χ4v) is 2.19. The number of pyridine rings is 1. The minimum absolute atomic E-state index is 0.343. The summed E-state index contributed by atoms with van der Waals surface area (Å²) in [6.07, 6.45) is 1.64. The highest BCUT2D eigenvalue weighted by molar-refractivity contribution is 5.69. The summed E-state index contributed by atoms with van der Waals surface area (Å²) in [4.78, 5) is 8.66. The lowest BCUT2D eigenvalue weighted by molar-refractivity contribution is 0.178. The van der Waals surface area contributed by atoms with Crippen LogP contribution < -0.4 is 4.74 Å². The molecule has 3 aromatic rings. The monoisotopic (exact) mass is 314 g/mol. The number of nitrogens with zero attached hydrogens (tertiary/aromatic N) is 3. The number of aromatic nitrogens is 4. The van der Waals surface area contributed by atoms with Crippen LogP contribution in [-0.2, 0) is 11.3 Å². The SMILES string of the molecule is COCc1nc(-c2ccc(-c3cc(F)ccc3OC)nc2)n[nH]1. The van der Waals surface area contributed by atoms with E-state index >= 15 is 0 Å². The van der Waals surface area contributed by atoms with Crippen LogP contribution >= 0.6 is 0 Å². The number of halogens is 1. The Balaban J connectivity index is 1.91. The van der Waals surface area contributed by atoms with Gasteiger partial charge in [0.25, 0.3) is 0 Å². The number of rotatable bonds is 5. The molecule has 2 heterocycles. The molecule has 6 nitrogen and oxygen atoms in total. The number of benzene rings is 1. The van der Waals surface area contributed by atoms with E-state index < -0.39 is 0 Å². The molecule has 0 bridgehead atoms. The van der Waals surface area contributed by atoms with E-state index in [2.05, 4.69) is 20.2 Å². The second-order valence-corrected chi connectivity index (χ2v) is 4.82. The zero-order chi connectivity index (χ0) is 16.2. The molecule has 0 amide bonds. The summed E-state index contributed by atoms with van der Waals surface area (Å²) < 4.78 is 23.7. The predicted octanol–water partition coefficient (Wildman–Crippen LogP) is 2.83. The van der Waals surface area contributed by atoms with Gasteiger partial charge in [0.1, 0.15) is 18.2 Å². The van der Waals surface area contributed by atoms with Gasteiger partial charge in [-0.05, 0) is 30.3 Å². The van der Waals surface area contributed by atoms with Gasteiger partial charge in [-0.15, -0.1) is 0 Å². The Labute approximate surface area is 132 Å². The maximum atomic E-state index is 13.5. The molecule has 1 aromatic carbocycles. The third-order valence-electron chi connectivity index (χ3n) is 3.27. The van der Waals surface area contributed by atoms with Crippen LogP contribution in [0.4, 0.5) is 4.39 Å². The second-order valence-electron chi connectivity index (χ2n) is 4.82. The van der Waals surface area contributed by atoms with Gasteiger partial charge < -0.3 is 9.47 Å². The zero-order valence-corrected chi connectivity index (χ0v) is 12.7. The number of hydrogen-bond donors (Lipinski definition) is 1. The normalized spacial score (nSPS) is 10.7. The first-order valence-electron chi connectivity index (χ1n) is 6.92. The molecule has 1 N–H and O–H groups in total. The lowest BCUT2D eigenvalue weighted by Gasteiger charge is -2.08. The summed E-state index contributed by atoms with van der Waals surface area (Å²) >= 11 is 0. The van der Waals surface area contributed by atoms with Gasteiger partial charge in [-0.2, -0.15) is 5.10 Å². The Morgan fingerprint density at radius 3 is 2.74 bits per heavy atom. The Hall–Kier alpha value is -2.80. The molecule has 0 saturated heterocycles. The molecule has 0 saturated carbocycles. The van der Waals surface area contributed by atoms with Gasteiger partial charge in [0.2, 0.25) is 0 Å². The number of hydrogen-bond acceptors (Lipinski definition) is 5. The van der Waals surface area contributed by atoms with Gasteiger partial charge in [0, 0.05) is 24.4 Å². The molecule has 3 rings (SSSR count). The smallest absolute Gasteiger partial charge is 0.182 e. The van der Waals surface area contributed by atoms with Crippen LogP contribution in [0.1, 0.15) is 5.82 Å². The van der Waals surface area contributed by atoms with Crippen molar-refractivity contribution in [2.24, 2.45) is 0 Å². The minimum atomic E-state index is -0.343. The summed E-state index contributed by atoms with van der Waals surface area (Å²) in [6, 6.07) is 7.92. The molecule has 0 unspecified atom stereocenters. The van der Waals surface area contributed by atoms with E-state index in [9.17, 15) is 4.39 Å². The van der Waals surface area contributed by atoms with Crippen LogP contribution in [0.15, 0.2) is 36.5 Å². The molecule has 0 aliphatic carbocycles. The minimum Gasteiger partial charge on any atom is -0.496 e. The fraction of sp³-hybridized carbons (Fsp3) is 0.188. The molecule has 23 heavy (non-hydrogen) atoms. The number of H-pyrrole nitrogens is 1. The number of ether oxygens (including phenoxy) is 2. The quantitative estimate of drug-likeness (QED) is 0.784. The first kappa shape index (κ1) is 15.1. The van der Waals surface area contributed by atoms with Crippen molar-refractivity contribution in [2.75, 3.05) is 14.2 Å². The molecule has 7 heteroatoms. The third-order valence-corrected chi connectivity index (χ3v) is 3.27. The number of nitrogens with one attached hydrogen (secondary N) is 1. The molecular formula is C16H15FN4O2. The second kappa shape index (κ2) is 6.53. The first-order valence-corrected chi connectivity index (χ1v) is 6.92. The summed E-state index contributed by atoms with van der Waals surface area (Å²) in [6.45, 7) is 0.360. The van der Waals surface area contributed by atoms with Gasteiger partial charge in [-0.25, -0.2) is 9.37 Å². The van der Waals surface area contributed by atoms with Crippen molar-refractivity contribution in [3.63, 3.8) is 0 Å². The van der Waals surface area contributed by atoms with Gasteiger partial charge in [-0.1, -0.05) is 0 Å². The lowest BCUT2D eigenvalue weighted by Crippen LogP contribution is -1.92. The van der Waals surface area contributed by atoms with E-state index in [0.29, 0.717) is 35.3 Å². The van der Waals surface area contributed by atoms with Crippen molar-refractivity contribution in [2.45, 2.75) is 6.61 Å². The molecule has 0 fully saturated rings. The van der Waals surface area contributed by atoms with Crippen LogP contribution in [0, 0.1) is 5.82 Å². The summed E-state index contributed by atoms with van der Waals surface area (Å²) in [7, 11) is 3.13. The molecule has 0 aliphatic heterocycles. The highest BCUT2D eigenvalue weighted by atomic mass is 19.1. The topological polar surface area (TPSA) is 72.9 Å². The van der Waals surface area contributed by atoms with Crippen molar-refractivity contribution in [3.05, 3.63) is 48.2 Å². The zero-order valence-electron chi connectivity index (χ0n) is 12.7. The van der Waals surface area contributed by atoms with E-state index in [1.807, 2.05) is 6.07 Å². The maximum absolute atomic E-state index is 13.5. The van der Waals surface area contributed by atoms with Gasteiger partial charge in [0.05, 0.1) is 12.8 Å². The van der Waals surface area contributed by atoms with Gasteiger partial charge >= 0.3 is 0 Å². The van der Waals surface area contributed by atoms with Crippen molar-refractivity contribution in [1.82, 2.24) is 20.2 Å². The van der Waals surface area contributed by atoms with Crippen molar-refractivity contribution in [1.29, 1.82) is 0 Å². The fourth-order valence-electron chi connectivity index (χ4n) is 2.19. The van der Waals surface area contributed by atoms with Gasteiger partial charge in [0.15, 0.2) is 11.6 Å². The number of aromatic amines is 1. The molecule has 2 aromatic heterocycles. The Morgan fingerprint density at radius 2 is 2.04 bits per heavy atom. The van der Waals surface area contributed by atoms with Crippen LogP contribution in [0.2, 0.25) is 0 Å². The molecule has 0 radical (unpaired) electrons. The van der Waals surface area contributed by atoms with Crippen molar-refractivity contribution < 1.29 is 13.9 Å². The standard InChI is InChI=1S/C16H15FN4O2/c1-22-9-15-19-16(21-20-15)10-3-5-13(18-8-10)12-7-11(17)4-6-14(12)23-2/h3-8H,9H2,1-2H3,(H,19,20,21). The maximum Gasteiger partial charge on any atom is 0.182 e. The van der Waals surface area contributed by atoms with Crippen LogP contribution in [0.5, 0.6) is 5.75 Å². The highest BCUT2D eigenvalue weighted by Gasteiger charge is 2.11. The summed E-state index contributed by atoms with van der Waals surface area (Å²) in [5, 5.41) is 6.91. The van der Waals surface area contributed by atoms with Gasteiger partial charge in [-0.3, -0.25) is 10.1 Å². The van der Waals surface area contributed by atoms with E-state index in [1.54, 1.807) is 25.4 Å². The van der Waals surface area contributed by atoms with Crippen LogP contribution in [0.3, 0.4) is 0 Å². The van der Waals surface area contributed by atoms with Crippen LogP contribution in [0.25, 0.3) is 22.6 Å². The predicted molar refractivity (Wildman–Crippen MR) is 82.3 cm³/mol. The van der Waals surface area contributed by atoms with E-state index in [0.717, 1.165) is 5.56 Å². The van der Waals surface area contributed by atoms with Crippen LogP contribution in [-0.4, -0.2) is 34.4 Å². The highest BCUT2D eigenvalue weighted by Crippen LogP contribution is 2.30. The molecule has 0 aliphatic rings. The summed E-state index contributed by atoms with van der Waals surface area (Å²) in [5.41, 5.74) is 1.95. The summed E-state index contributed by atoms with van der Waals surface area (Å²) in [5.74, 6) is 1.39. The van der Waals surface area contributed by atoms with Crippen molar-refractivity contribution in [3.8, 4) is 28.4 Å². The lowest BCUT2D eigenvalue weighted by atomic mass is 10.1. The molecular weight excluding hydrogens is 299 g/mol. The molecule has 0 atom stereocenters. The largest absolute Gasteiger partial charge is 0.496 e. The van der Waals surface area contributed by atoms with E-state index in [1.165, 1.54) is 19.2 Å². The molecule has 0 spiro atoms. The Morgan fingerprint density at radius 1 is 1.17 bits per heavy atom. The first-order chi connectivity index (χ1) is 11.2. The van der Waals surface area contributed by atoms with Crippen molar-refractivity contribution >= 4 is 0 Å². The average Bonchev–Trinajstić information content (AvgIpc) is 3.04. The number of methoxy groups -OCH3 is 2. The molecule has 118 valence electrons. The average molecular weight is 314 g/mol. The van der Waals surface area contributed by atoms with E-state index in [-0.39, 0.29) is 5.82 Å². The van der Waals surface area contributed by atoms with E-state index in [4.69, 9.17) is 9.47 Å². The third kappa shape index (κ3) is 3.19. The Kier molecular flexibility index (Phi) is 4.29.